The van der Waals surface area contributed by atoms with Crippen molar-refractivity contribution in [1.29, 1.82) is 0 Å². The lowest BCUT2D eigenvalue weighted by molar-refractivity contribution is -0.106. The summed E-state index contributed by atoms with van der Waals surface area (Å²) >= 11 is 2.78. The number of carbonyl (C=O) groups excluding carboxylic acids is 2. The largest absolute Gasteiger partial charge is 0.480 e. The van der Waals surface area contributed by atoms with E-state index in [2.05, 4.69) is 54.4 Å². The molecule has 2 amide bonds. The van der Waals surface area contributed by atoms with Crippen LogP contribution >= 0.6 is 23.5 Å². The minimum atomic E-state index is -1.65. The summed E-state index contributed by atoms with van der Waals surface area (Å²) < 4.78 is 37.8. The van der Waals surface area contributed by atoms with Crippen LogP contribution in [0.1, 0.15) is 65.7 Å². The SMILES string of the molecule is COc1cnc(C(=O)Nc2cccc([C@]34CO[C@@H](C)C[C@@]3(C)CSC(N)=N4)c2)cn1.COc1cnc(C(=O)Nc2cncc([C@]34CO[C@@H](C)C[C@@]3(F)CSC(N)=N4)c2)cn1. The zero-order valence-electron chi connectivity index (χ0n) is 33.7. The molecule has 4 aliphatic heterocycles. The molecule has 2 fully saturated rings. The second-order valence-electron chi connectivity index (χ2n) is 15.2. The van der Waals surface area contributed by atoms with E-state index in [4.69, 9.17) is 35.4 Å². The first-order valence-corrected chi connectivity index (χ1v) is 21.0. The fourth-order valence-electron chi connectivity index (χ4n) is 7.85. The summed E-state index contributed by atoms with van der Waals surface area (Å²) in [5, 5.41) is 6.46. The smallest absolute Gasteiger partial charge is 0.275 e. The average Bonchev–Trinajstić information content (AvgIpc) is 3.24. The molecule has 0 spiro atoms. The molecule has 0 bridgehead atoms. The number of benzene rings is 1. The van der Waals surface area contributed by atoms with Crippen LogP contribution in [0.15, 0.2) is 77.5 Å². The maximum Gasteiger partial charge on any atom is 0.275 e. The summed E-state index contributed by atoms with van der Waals surface area (Å²) in [4.78, 5) is 54.8. The van der Waals surface area contributed by atoms with Gasteiger partial charge in [-0.3, -0.25) is 14.6 Å². The third-order valence-corrected chi connectivity index (χ3v) is 13.2. The molecule has 4 aromatic rings. The normalized spacial score (nSPS) is 28.2. The van der Waals surface area contributed by atoms with E-state index >= 15 is 4.39 Å². The summed E-state index contributed by atoms with van der Waals surface area (Å²) in [6, 6.07) is 9.35. The maximum absolute atomic E-state index is 16.1. The van der Waals surface area contributed by atoms with Gasteiger partial charge in [-0.1, -0.05) is 42.6 Å². The topological polar surface area (TPSA) is 236 Å². The van der Waals surface area contributed by atoms with Crippen molar-refractivity contribution in [3.63, 3.8) is 0 Å². The van der Waals surface area contributed by atoms with Gasteiger partial charge in [-0.15, -0.1) is 0 Å². The van der Waals surface area contributed by atoms with Crippen LogP contribution in [0.25, 0.3) is 0 Å². The first-order chi connectivity index (χ1) is 28.7. The molecule has 2 saturated heterocycles. The first-order valence-electron chi connectivity index (χ1n) is 19.0. The molecule has 3 aromatic heterocycles. The summed E-state index contributed by atoms with van der Waals surface area (Å²) in [7, 11) is 2.96. The fraction of sp³-hybridized carbons (Fsp3) is 0.425. The minimum Gasteiger partial charge on any atom is -0.480 e. The molecule has 8 rings (SSSR count). The number of hydrogen-bond acceptors (Lipinski definition) is 17. The fourth-order valence-corrected chi connectivity index (χ4v) is 9.85. The number of nitrogens with one attached hydrogen (secondary N) is 2. The summed E-state index contributed by atoms with van der Waals surface area (Å²) in [6.45, 7) is 6.66. The monoisotopic (exact) mass is 859 g/mol. The average molecular weight is 860 g/mol. The van der Waals surface area contributed by atoms with Gasteiger partial charge in [0.25, 0.3) is 11.8 Å². The number of aromatic nitrogens is 5. The number of hydrogen-bond donors (Lipinski definition) is 4. The predicted octanol–water partition coefficient (Wildman–Crippen LogP) is 4.72. The molecule has 0 aliphatic carbocycles. The number of alkyl halides is 1. The van der Waals surface area contributed by atoms with Gasteiger partial charge in [0.15, 0.2) is 16.0 Å². The minimum absolute atomic E-state index is 0.0367. The Hall–Kier alpha value is -5.44. The lowest BCUT2D eigenvalue weighted by atomic mass is 9.64. The van der Waals surface area contributed by atoms with Crippen LogP contribution in [0.3, 0.4) is 0 Å². The van der Waals surface area contributed by atoms with E-state index in [0.29, 0.717) is 45.6 Å². The van der Waals surface area contributed by atoms with E-state index in [-0.39, 0.29) is 53.7 Å². The molecule has 17 nitrogen and oxygen atoms in total. The zero-order valence-corrected chi connectivity index (χ0v) is 35.3. The van der Waals surface area contributed by atoms with Gasteiger partial charge in [0.05, 0.1) is 76.3 Å². The molecule has 6 atom stereocenters. The van der Waals surface area contributed by atoms with Gasteiger partial charge in [0.1, 0.15) is 22.5 Å². The van der Waals surface area contributed by atoms with Gasteiger partial charge in [-0.2, -0.15) is 0 Å². The molecule has 316 valence electrons. The zero-order chi connectivity index (χ0) is 42.7. The van der Waals surface area contributed by atoms with Gasteiger partial charge >= 0.3 is 0 Å². The number of pyridine rings is 1. The van der Waals surface area contributed by atoms with Crippen molar-refractivity contribution in [2.75, 3.05) is 49.6 Å². The van der Waals surface area contributed by atoms with Crippen molar-refractivity contribution in [2.45, 2.75) is 62.6 Å². The lowest BCUT2D eigenvalue weighted by Crippen LogP contribution is -2.60. The summed E-state index contributed by atoms with van der Waals surface area (Å²) in [5.41, 5.74) is 11.2. The molecule has 20 heteroatoms. The number of amides is 2. The van der Waals surface area contributed by atoms with Crippen molar-refractivity contribution in [3.8, 4) is 11.8 Å². The Bertz CT molecular complexity index is 2130. The van der Waals surface area contributed by atoms with Crippen molar-refractivity contribution < 1.29 is 32.9 Å². The highest BCUT2D eigenvalue weighted by Gasteiger charge is 2.60. The Balaban J connectivity index is 0.000000181. The van der Waals surface area contributed by atoms with Crippen molar-refractivity contribution in [3.05, 3.63) is 90.0 Å². The molecule has 60 heavy (non-hydrogen) atoms. The molecule has 7 heterocycles. The number of amidine groups is 2. The quantitative estimate of drug-likeness (QED) is 0.188. The van der Waals surface area contributed by atoms with E-state index in [9.17, 15) is 9.59 Å². The molecule has 4 aliphatic rings. The van der Waals surface area contributed by atoms with Crippen LogP contribution in [0.5, 0.6) is 11.8 Å². The van der Waals surface area contributed by atoms with E-state index < -0.39 is 22.7 Å². The maximum atomic E-state index is 16.1. The van der Waals surface area contributed by atoms with E-state index in [1.54, 1.807) is 17.8 Å². The highest BCUT2D eigenvalue weighted by Crippen LogP contribution is 2.55. The van der Waals surface area contributed by atoms with Gasteiger partial charge in [0, 0.05) is 40.8 Å². The highest BCUT2D eigenvalue weighted by molar-refractivity contribution is 8.14. The number of thioether (sulfide) groups is 2. The van der Waals surface area contributed by atoms with Crippen LogP contribution in [-0.4, -0.2) is 104 Å². The second-order valence-corrected chi connectivity index (χ2v) is 17.2. The Morgan fingerprint density at radius 1 is 0.750 bits per heavy atom. The number of aliphatic imine (C=N–C) groups is 2. The molecule has 1 aromatic carbocycles. The summed E-state index contributed by atoms with van der Waals surface area (Å²) in [5.74, 6) is 0.860. The molecular formula is C40H46FN11O6S2. The standard InChI is InChI=1S/C21H25N5O3S.C19H21FN6O3S/c1-13-8-20(2)12-30-19(22)26-21(20,11-29-13)14-5-4-6-15(7-14)25-18(27)16-9-24-17(28-3)10-23-16;1-11-4-18(20)10-30-17(21)26-19(18,9-29-11)12-3-13(6-22-5-12)25-16(27)14-7-24-15(28-2)8-23-14/h4-7,9-10,13H,8,11-12H2,1-3H3,(H2,22,26)(H,25,27);3,5-8,11H,4,9-10H2,1-2H3,(H2,21,26)(H,25,27)/t13-,20-,21+;11-,18+,19+/m00/s1. The van der Waals surface area contributed by atoms with E-state index in [0.717, 1.165) is 17.7 Å². The molecular weight excluding hydrogens is 814 g/mol. The number of nitrogens with zero attached hydrogens (tertiary/aromatic N) is 7. The van der Waals surface area contributed by atoms with Gasteiger partial charge < -0.3 is 41.0 Å². The third-order valence-electron chi connectivity index (χ3n) is 11.0. The number of nitrogens with two attached hydrogens (primary N) is 2. The van der Waals surface area contributed by atoms with Crippen LogP contribution in [0.4, 0.5) is 15.8 Å². The van der Waals surface area contributed by atoms with Crippen LogP contribution in [-0.2, 0) is 20.6 Å². The van der Waals surface area contributed by atoms with Gasteiger partial charge in [0.2, 0.25) is 11.8 Å². The van der Waals surface area contributed by atoms with Gasteiger partial charge in [-0.25, -0.2) is 34.3 Å². The van der Waals surface area contributed by atoms with E-state index in [1.165, 1.54) is 63.2 Å². The predicted molar refractivity (Wildman–Crippen MR) is 227 cm³/mol. The Labute approximate surface area is 354 Å². The van der Waals surface area contributed by atoms with Crippen molar-refractivity contribution >= 4 is 57.0 Å². The molecule has 0 saturated carbocycles. The Morgan fingerprint density at radius 3 is 1.93 bits per heavy atom. The second kappa shape index (κ2) is 17.3. The first kappa shape index (κ1) is 42.7. The third kappa shape index (κ3) is 8.45. The van der Waals surface area contributed by atoms with Gasteiger partial charge in [-0.05, 0) is 44.0 Å². The number of rotatable bonds is 8. The Morgan fingerprint density at radius 2 is 1.32 bits per heavy atom. The Kier molecular flexibility index (Phi) is 12.3. The lowest BCUT2D eigenvalue weighted by Gasteiger charge is -2.53. The van der Waals surface area contributed by atoms with Crippen LogP contribution < -0.4 is 31.6 Å². The number of fused-ring (bicyclic) bond motifs is 2. The number of halogens is 1. The number of anilines is 2. The number of methoxy groups -OCH3 is 2. The van der Waals surface area contributed by atoms with Crippen molar-refractivity contribution in [1.82, 2.24) is 24.9 Å². The molecule has 0 radical (unpaired) electrons. The highest BCUT2D eigenvalue weighted by atomic mass is 32.2. The molecule has 6 N–H and O–H groups in total. The van der Waals surface area contributed by atoms with Crippen molar-refractivity contribution in [2.24, 2.45) is 26.9 Å². The van der Waals surface area contributed by atoms with Crippen LogP contribution in [0, 0.1) is 5.41 Å². The summed E-state index contributed by atoms with van der Waals surface area (Å²) in [6.07, 6.45) is 9.44. The van der Waals surface area contributed by atoms with E-state index in [1.807, 2.05) is 31.2 Å². The van der Waals surface area contributed by atoms with Crippen LogP contribution in [0.2, 0.25) is 0 Å². The number of ether oxygens (including phenoxy) is 4. The number of carbonyl (C=O) groups is 2. The molecule has 0 unspecified atom stereocenters.